The van der Waals surface area contributed by atoms with Crippen LogP contribution in [0.25, 0.3) is 44.2 Å². The van der Waals surface area contributed by atoms with Crippen LogP contribution in [0.5, 0.6) is 0 Å². The molecule has 0 radical (unpaired) electrons. The van der Waals surface area contributed by atoms with Gasteiger partial charge in [-0.3, -0.25) is 0 Å². The number of para-hydroxylation sites is 1. The Morgan fingerprint density at radius 2 is 0.855 bits per heavy atom. The van der Waals surface area contributed by atoms with Gasteiger partial charge in [-0.15, -0.1) is 0 Å². The van der Waals surface area contributed by atoms with E-state index in [0.717, 1.165) is 17.1 Å². The molecule has 55 heavy (non-hydrogen) atoms. The molecule has 0 fully saturated rings. The third-order valence-corrected chi connectivity index (χ3v) is 12.8. The first-order valence-corrected chi connectivity index (χ1v) is 19.8. The fourth-order valence-corrected chi connectivity index (χ4v) is 10.6. The third-order valence-electron chi connectivity index (χ3n) is 11.5. The second kappa shape index (κ2) is 12.8. The summed E-state index contributed by atoms with van der Waals surface area (Å²) in [6, 6.07) is 78.2. The van der Waals surface area contributed by atoms with Gasteiger partial charge in [0.1, 0.15) is 0 Å². The van der Waals surface area contributed by atoms with Crippen LogP contribution in [0.1, 0.15) is 22.3 Å². The van der Waals surface area contributed by atoms with E-state index >= 15 is 0 Å². The summed E-state index contributed by atoms with van der Waals surface area (Å²) in [6.45, 7) is 0. The SMILES string of the molecule is c1ccc(-c2ccc(N(c3ccccc3-c3ccccc3)c3cccc4c3Sc3c(ccc5ccccc35)C43c4ccccc4-c4ccccc43)cc2)cc1. The van der Waals surface area contributed by atoms with E-state index in [9.17, 15) is 0 Å². The van der Waals surface area contributed by atoms with E-state index in [0.29, 0.717) is 0 Å². The summed E-state index contributed by atoms with van der Waals surface area (Å²) < 4.78 is 0. The molecule has 0 unspecified atom stereocenters. The van der Waals surface area contributed by atoms with Gasteiger partial charge in [-0.05, 0) is 85.1 Å². The van der Waals surface area contributed by atoms with Gasteiger partial charge in [-0.25, -0.2) is 0 Å². The van der Waals surface area contributed by atoms with Crippen LogP contribution >= 0.6 is 11.8 Å². The van der Waals surface area contributed by atoms with Gasteiger partial charge in [-0.2, -0.15) is 0 Å². The predicted molar refractivity (Wildman–Crippen MR) is 231 cm³/mol. The second-order valence-corrected chi connectivity index (χ2v) is 15.4. The molecule has 1 nitrogen and oxygen atoms in total. The Hall–Kier alpha value is -6.61. The molecule has 2 aliphatic rings. The molecule has 0 amide bonds. The van der Waals surface area contributed by atoms with Crippen LogP contribution in [0.2, 0.25) is 0 Å². The van der Waals surface area contributed by atoms with Gasteiger partial charge in [0.2, 0.25) is 0 Å². The van der Waals surface area contributed by atoms with Crippen molar-refractivity contribution < 1.29 is 0 Å². The van der Waals surface area contributed by atoms with E-state index in [-0.39, 0.29) is 0 Å². The lowest BCUT2D eigenvalue weighted by atomic mass is 9.67. The highest BCUT2D eigenvalue weighted by atomic mass is 32.2. The van der Waals surface area contributed by atoms with Crippen LogP contribution in [0.3, 0.4) is 0 Å². The van der Waals surface area contributed by atoms with Gasteiger partial charge in [0.05, 0.1) is 16.8 Å². The maximum atomic E-state index is 2.50. The monoisotopic (exact) mass is 717 g/mol. The van der Waals surface area contributed by atoms with Crippen molar-refractivity contribution in [2.75, 3.05) is 4.90 Å². The minimum absolute atomic E-state index is 0.495. The summed E-state index contributed by atoms with van der Waals surface area (Å²) in [5.41, 5.74) is 15.7. The number of benzene rings is 9. The molecule has 0 aromatic heterocycles. The Labute approximate surface area is 326 Å². The molecule has 0 atom stereocenters. The predicted octanol–water partition coefficient (Wildman–Crippen LogP) is 14.5. The van der Waals surface area contributed by atoms with E-state index in [1.165, 1.54) is 76.2 Å². The van der Waals surface area contributed by atoms with Crippen molar-refractivity contribution in [3.8, 4) is 33.4 Å². The Morgan fingerprint density at radius 3 is 1.58 bits per heavy atom. The Balaban J connectivity index is 1.23. The fourth-order valence-electron chi connectivity index (χ4n) is 9.19. The summed E-state index contributed by atoms with van der Waals surface area (Å²) in [5, 5.41) is 2.54. The number of hydrogen-bond acceptors (Lipinski definition) is 2. The number of fused-ring (bicyclic) bond motifs is 11. The van der Waals surface area contributed by atoms with E-state index in [1.54, 1.807) is 0 Å². The lowest BCUT2D eigenvalue weighted by Crippen LogP contribution is -2.32. The van der Waals surface area contributed by atoms with Crippen LogP contribution in [0, 0.1) is 0 Å². The Bertz CT molecular complexity index is 2850. The van der Waals surface area contributed by atoms with Crippen molar-refractivity contribution in [3.05, 3.63) is 235 Å². The lowest BCUT2D eigenvalue weighted by molar-refractivity contribution is 0.725. The highest BCUT2D eigenvalue weighted by Gasteiger charge is 2.51. The third kappa shape index (κ3) is 4.82. The van der Waals surface area contributed by atoms with E-state index in [2.05, 4.69) is 217 Å². The first-order valence-electron chi connectivity index (χ1n) is 18.9. The highest BCUT2D eigenvalue weighted by molar-refractivity contribution is 8.00. The van der Waals surface area contributed by atoms with E-state index < -0.39 is 5.41 Å². The molecular formula is C53H35NS. The zero-order valence-corrected chi connectivity index (χ0v) is 30.9. The van der Waals surface area contributed by atoms with Crippen LogP contribution in [-0.4, -0.2) is 0 Å². The van der Waals surface area contributed by atoms with Crippen molar-refractivity contribution in [2.45, 2.75) is 15.2 Å². The highest BCUT2D eigenvalue weighted by Crippen LogP contribution is 2.64. The smallest absolute Gasteiger partial charge is 0.0736 e. The van der Waals surface area contributed by atoms with Gasteiger partial charge in [0, 0.05) is 21.0 Å². The molecule has 1 heterocycles. The molecule has 0 saturated carbocycles. The number of anilines is 3. The average molecular weight is 718 g/mol. The zero-order valence-electron chi connectivity index (χ0n) is 30.1. The maximum Gasteiger partial charge on any atom is 0.0736 e. The minimum Gasteiger partial charge on any atom is -0.309 e. The first kappa shape index (κ1) is 31.9. The molecule has 9 aromatic carbocycles. The first-order chi connectivity index (χ1) is 27.3. The molecule has 0 N–H and O–H groups in total. The van der Waals surface area contributed by atoms with Gasteiger partial charge in [0.25, 0.3) is 0 Å². The molecule has 1 aliphatic heterocycles. The van der Waals surface area contributed by atoms with Crippen LogP contribution in [0.4, 0.5) is 17.1 Å². The van der Waals surface area contributed by atoms with Crippen LogP contribution in [-0.2, 0) is 5.41 Å². The summed E-state index contributed by atoms with van der Waals surface area (Å²) in [7, 11) is 0. The number of hydrogen-bond donors (Lipinski definition) is 0. The maximum absolute atomic E-state index is 2.50. The fraction of sp³-hybridized carbons (Fsp3) is 0.0189. The molecule has 258 valence electrons. The van der Waals surface area contributed by atoms with Crippen LogP contribution in [0.15, 0.2) is 222 Å². The molecule has 1 spiro atoms. The topological polar surface area (TPSA) is 3.24 Å². The number of nitrogens with zero attached hydrogens (tertiary/aromatic N) is 1. The molecule has 9 aromatic rings. The molecule has 0 saturated heterocycles. The largest absolute Gasteiger partial charge is 0.309 e. The number of rotatable bonds is 5. The van der Waals surface area contributed by atoms with Crippen LogP contribution < -0.4 is 4.90 Å². The quantitative estimate of drug-likeness (QED) is 0.174. The van der Waals surface area contributed by atoms with Crippen molar-refractivity contribution in [1.82, 2.24) is 0 Å². The summed E-state index contributed by atoms with van der Waals surface area (Å²) in [4.78, 5) is 5.09. The van der Waals surface area contributed by atoms with Gasteiger partial charge in [0.15, 0.2) is 0 Å². The van der Waals surface area contributed by atoms with Gasteiger partial charge in [-0.1, -0.05) is 200 Å². The average Bonchev–Trinajstić information content (AvgIpc) is 3.55. The molecule has 1 aliphatic carbocycles. The summed E-state index contributed by atoms with van der Waals surface area (Å²) in [5.74, 6) is 0. The van der Waals surface area contributed by atoms with Gasteiger partial charge < -0.3 is 4.90 Å². The van der Waals surface area contributed by atoms with E-state index in [1.807, 2.05) is 11.8 Å². The van der Waals surface area contributed by atoms with Crippen molar-refractivity contribution in [1.29, 1.82) is 0 Å². The lowest BCUT2D eigenvalue weighted by Gasteiger charge is -2.42. The molecular weight excluding hydrogens is 683 g/mol. The standard InChI is InChI=1S/C53H35NS/c1-3-16-36(17-4-1)37-30-33-40(34-31-37)54(49-28-14-11-21-41(49)38-18-5-2-6-19-38)50-29-15-27-47-52(50)55-51-42-22-8-7-20-39(42)32-35-48(51)53(47)45-25-12-9-23-43(45)44-24-10-13-26-46(44)53/h1-35H. The zero-order chi connectivity index (χ0) is 36.3. The van der Waals surface area contributed by atoms with Crippen molar-refractivity contribution in [3.63, 3.8) is 0 Å². The molecule has 2 heteroatoms. The van der Waals surface area contributed by atoms with Crippen molar-refractivity contribution in [2.24, 2.45) is 0 Å². The summed E-state index contributed by atoms with van der Waals surface area (Å²) >= 11 is 1.93. The molecule has 11 rings (SSSR count). The van der Waals surface area contributed by atoms with Gasteiger partial charge >= 0.3 is 0 Å². The molecule has 0 bridgehead atoms. The minimum atomic E-state index is -0.495. The Morgan fingerprint density at radius 1 is 0.327 bits per heavy atom. The summed E-state index contributed by atoms with van der Waals surface area (Å²) in [6.07, 6.45) is 0. The second-order valence-electron chi connectivity index (χ2n) is 14.4. The van der Waals surface area contributed by atoms with Crippen molar-refractivity contribution >= 4 is 39.6 Å². The van der Waals surface area contributed by atoms with E-state index in [4.69, 9.17) is 0 Å². The Kier molecular flexibility index (Phi) is 7.40. The normalized spacial score (nSPS) is 13.2.